The van der Waals surface area contributed by atoms with Crippen LogP contribution in [0.25, 0.3) is 0 Å². The van der Waals surface area contributed by atoms with Crippen LogP contribution >= 0.6 is 0 Å². The molecule has 1 fully saturated rings. The van der Waals surface area contributed by atoms with E-state index in [0.717, 1.165) is 5.56 Å². The van der Waals surface area contributed by atoms with Crippen LogP contribution in [-0.2, 0) is 25.7 Å². The summed E-state index contributed by atoms with van der Waals surface area (Å²) in [6.07, 6.45) is -0.325. The number of hydrogen-bond acceptors (Lipinski definition) is 4. The average Bonchev–Trinajstić information content (AvgIpc) is 2.44. The minimum atomic E-state index is -0.704. The first kappa shape index (κ1) is 13.7. The van der Waals surface area contributed by atoms with E-state index in [0.29, 0.717) is 12.9 Å². The molecule has 4 atom stereocenters. The first-order valence-electron chi connectivity index (χ1n) is 6.44. The third kappa shape index (κ3) is 3.01. The van der Waals surface area contributed by atoms with Gasteiger partial charge in [-0.3, -0.25) is 9.59 Å². The van der Waals surface area contributed by atoms with E-state index < -0.39 is 6.10 Å². The van der Waals surface area contributed by atoms with Crippen molar-refractivity contribution in [2.75, 3.05) is 0 Å². The number of carbonyl (C=O) groups excluding carboxylic acids is 2. The number of cyclic esters (lactones) is 1. The Kier molecular flexibility index (Phi) is 4.32. The number of carbonyl (C=O) groups is 2. The average molecular weight is 262 g/mol. The summed E-state index contributed by atoms with van der Waals surface area (Å²) in [5.74, 6) is -0.850. The molecule has 1 aromatic carbocycles. The summed E-state index contributed by atoms with van der Waals surface area (Å²) in [5.41, 5.74) is 1.04. The van der Waals surface area contributed by atoms with E-state index in [-0.39, 0.29) is 23.9 Å². The van der Waals surface area contributed by atoms with Gasteiger partial charge in [0.2, 0.25) is 0 Å². The van der Waals surface area contributed by atoms with Gasteiger partial charge in [0.25, 0.3) is 0 Å². The van der Waals surface area contributed by atoms with Gasteiger partial charge in [-0.1, -0.05) is 37.3 Å². The summed E-state index contributed by atoms with van der Waals surface area (Å²) in [6, 6.07) is 9.75. The zero-order valence-electron chi connectivity index (χ0n) is 11.1. The van der Waals surface area contributed by atoms with Gasteiger partial charge in [0, 0.05) is 5.92 Å². The summed E-state index contributed by atoms with van der Waals surface area (Å²) >= 11 is 0. The molecule has 0 amide bonds. The molecular weight excluding hydrogens is 244 g/mol. The molecule has 1 aromatic rings. The maximum atomic E-state index is 11.7. The van der Waals surface area contributed by atoms with Crippen LogP contribution in [-0.4, -0.2) is 24.5 Å². The molecule has 4 heteroatoms. The predicted octanol–water partition coefficient (Wildman–Crippen LogP) is 1.97. The van der Waals surface area contributed by atoms with E-state index in [1.807, 2.05) is 37.3 Å². The van der Waals surface area contributed by atoms with Crippen LogP contribution in [0, 0.1) is 11.8 Å². The van der Waals surface area contributed by atoms with E-state index in [9.17, 15) is 9.59 Å². The Morgan fingerprint density at radius 1 is 1.26 bits per heavy atom. The van der Waals surface area contributed by atoms with E-state index in [4.69, 9.17) is 9.47 Å². The van der Waals surface area contributed by atoms with Crippen molar-refractivity contribution in [1.82, 2.24) is 0 Å². The van der Waals surface area contributed by atoms with Crippen LogP contribution in [0.2, 0.25) is 0 Å². The normalized spacial score (nSPS) is 30.7. The van der Waals surface area contributed by atoms with Crippen molar-refractivity contribution in [1.29, 1.82) is 0 Å². The fraction of sp³-hybridized carbons (Fsp3) is 0.467. The molecule has 0 radical (unpaired) electrons. The van der Waals surface area contributed by atoms with E-state index in [1.165, 1.54) is 0 Å². The van der Waals surface area contributed by atoms with Crippen molar-refractivity contribution >= 4 is 12.3 Å². The Balaban J connectivity index is 2.04. The first-order valence-corrected chi connectivity index (χ1v) is 6.44. The van der Waals surface area contributed by atoms with E-state index >= 15 is 0 Å². The fourth-order valence-corrected chi connectivity index (χ4v) is 2.34. The van der Waals surface area contributed by atoms with Crippen LogP contribution in [0.4, 0.5) is 0 Å². The van der Waals surface area contributed by atoms with Crippen molar-refractivity contribution in [2.45, 2.75) is 32.7 Å². The van der Waals surface area contributed by atoms with Gasteiger partial charge in [-0.05, 0) is 12.5 Å². The highest BCUT2D eigenvalue weighted by atomic mass is 16.6. The molecule has 0 aromatic heterocycles. The molecule has 0 saturated carbocycles. The monoisotopic (exact) mass is 262 g/mol. The number of benzene rings is 1. The molecule has 1 aliphatic heterocycles. The molecule has 0 bridgehead atoms. The second-order valence-corrected chi connectivity index (χ2v) is 4.95. The molecule has 19 heavy (non-hydrogen) atoms. The van der Waals surface area contributed by atoms with Gasteiger partial charge >= 0.3 is 5.97 Å². The minimum absolute atomic E-state index is 0.131. The third-order valence-corrected chi connectivity index (χ3v) is 3.57. The van der Waals surface area contributed by atoms with Crippen molar-refractivity contribution < 1.29 is 19.1 Å². The van der Waals surface area contributed by atoms with Crippen molar-refractivity contribution in [3.05, 3.63) is 35.9 Å². The van der Waals surface area contributed by atoms with Crippen molar-refractivity contribution in [3.63, 3.8) is 0 Å². The lowest BCUT2D eigenvalue weighted by Gasteiger charge is -2.36. The standard InChI is InChI=1S/C15H18O4/c1-10-13(8-16)19-15(17)11(2)14(10)18-9-12-6-4-3-5-7-12/h3-8,10-11,13-14H,9H2,1-2H3/t10-,11+,13-,14-/m1/s1. The summed E-state index contributed by atoms with van der Waals surface area (Å²) in [7, 11) is 0. The van der Waals surface area contributed by atoms with Gasteiger partial charge < -0.3 is 9.47 Å². The molecule has 4 nitrogen and oxygen atoms in total. The largest absolute Gasteiger partial charge is 0.454 e. The van der Waals surface area contributed by atoms with Crippen molar-refractivity contribution in [3.8, 4) is 0 Å². The summed E-state index contributed by atoms with van der Waals surface area (Å²) in [5, 5.41) is 0. The predicted molar refractivity (Wildman–Crippen MR) is 69.3 cm³/mol. The number of esters is 1. The van der Waals surface area contributed by atoms with Gasteiger partial charge in [-0.25, -0.2) is 0 Å². The van der Waals surface area contributed by atoms with Gasteiger partial charge in [0.1, 0.15) is 0 Å². The SMILES string of the molecule is C[C@H]1[C@@H](OCc2ccccc2)[C@H](C)C(=O)O[C@@H]1C=O. The Hall–Kier alpha value is -1.68. The molecule has 0 aliphatic carbocycles. The molecular formula is C15H18O4. The lowest BCUT2D eigenvalue weighted by Crippen LogP contribution is -2.48. The number of hydrogen-bond donors (Lipinski definition) is 0. The molecule has 1 aliphatic rings. The molecule has 0 N–H and O–H groups in total. The van der Waals surface area contributed by atoms with Crippen molar-refractivity contribution in [2.24, 2.45) is 11.8 Å². The van der Waals surface area contributed by atoms with Gasteiger partial charge in [-0.2, -0.15) is 0 Å². The zero-order valence-corrected chi connectivity index (χ0v) is 11.1. The van der Waals surface area contributed by atoms with Crippen LogP contribution in [0.1, 0.15) is 19.4 Å². The summed E-state index contributed by atoms with van der Waals surface area (Å²) < 4.78 is 10.9. The van der Waals surface area contributed by atoms with Crippen LogP contribution < -0.4 is 0 Å². The molecule has 0 spiro atoms. The highest BCUT2D eigenvalue weighted by Crippen LogP contribution is 2.28. The topological polar surface area (TPSA) is 52.6 Å². The van der Waals surface area contributed by atoms with E-state index in [2.05, 4.69) is 0 Å². The van der Waals surface area contributed by atoms with Crippen LogP contribution in [0.3, 0.4) is 0 Å². The minimum Gasteiger partial charge on any atom is -0.454 e. The maximum absolute atomic E-state index is 11.7. The van der Waals surface area contributed by atoms with Crippen LogP contribution in [0.15, 0.2) is 30.3 Å². The third-order valence-electron chi connectivity index (χ3n) is 3.57. The highest BCUT2D eigenvalue weighted by molar-refractivity contribution is 5.77. The number of aldehydes is 1. The lowest BCUT2D eigenvalue weighted by molar-refractivity contribution is -0.184. The van der Waals surface area contributed by atoms with Gasteiger partial charge in [0.05, 0.1) is 18.6 Å². The molecule has 102 valence electrons. The molecule has 1 heterocycles. The van der Waals surface area contributed by atoms with Gasteiger partial charge in [-0.15, -0.1) is 0 Å². The Labute approximate surface area is 112 Å². The quantitative estimate of drug-likeness (QED) is 0.615. The Bertz CT molecular complexity index is 443. The Morgan fingerprint density at radius 3 is 2.58 bits per heavy atom. The number of rotatable bonds is 4. The first-order chi connectivity index (χ1) is 9.13. The fourth-order valence-electron chi connectivity index (χ4n) is 2.34. The molecule has 0 unspecified atom stereocenters. The van der Waals surface area contributed by atoms with Gasteiger partial charge in [0.15, 0.2) is 12.4 Å². The molecule has 1 saturated heterocycles. The second-order valence-electron chi connectivity index (χ2n) is 4.95. The highest BCUT2D eigenvalue weighted by Gasteiger charge is 2.42. The maximum Gasteiger partial charge on any atom is 0.312 e. The second kappa shape index (κ2) is 5.97. The summed E-state index contributed by atoms with van der Waals surface area (Å²) in [4.78, 5) is 22.6. The van der Waals surface area contributed by atoms with E-state index in [1.54, 1.807) is 6.92 Å². The summed E-state index contributed by atoms with van der Waals surface area (Å²) in [6.45, 7) is 4.08. The lowest BCUT2D eigenvalue weighted by atomic mass is 9.86. The zero-order chi connectivity index (χ0) is 13.8. The Morgan fingerprint density at radius 2 is 1.95 bits per heavy atom. The number of ether oxygens (including phenoxy) is 2. The smallest absolute Gasteiger partial charge is 0.312 e. The van der Waals surface area contributed by atoms with Crippen LogP contribution in [0.5, 0.6) is 0 Å². The molecule has 2 rings (SSSR count).